The number of halogens is 3. The van der Waals surface area contributed by atoms with Crippen LogP contribution in [0, 0.1) is 0 Å². The van der Waals surface area contributed by atoms with E-state index in [0.29, 0.717) is 0 Å². The summed E-state index contributed by atoms with van der Waals surface area (Å²) in [4.78, 5) is 0. The van der Waals surface area contributed by atoms with Gasteiger partial charge in [0.05, 0.1) is 6.61 Å². The lowest BCUT2D eigenvalue weighted by Gasteiger charge is -2.05. The molecule has 0 aromatic carbocycles. The van der Waals surface area contributed by atoms with E-state index in [1.807, 2.05) is 0 Å². The van der Waals surface area contributed by atoms with E-state index in [2.05, 4.69) is 6.58 Å². The van der Waals surface area contributed by atoms with Crippen LogP contribution in [0.4, 0.5) is 13.2 Å². The summed E-state index contributed by atoms with van der Waals surface area (Å²) in [5.74, 6) is 0. The molecule has 60 valence electrons. The van der Waals surface area contributed by atoms with Gasteiger partial charge in [-0.3, -0.25) is 0 Å². The molecule has 0 saturated carbocycles. The zero-order chi connectivity index (χ0) is 8.20. The Morgan fingerprint density at radius 2 is 1.90 bits per heavy atom. The fourth-order valence-corrected chi connectivity index (χ4v) is 0.398. The van der Waals surface area contributed by atoms with Crippen molar-refractivity contribution >= 4 is 0 Å². The van der Waals surface area contributed by atoms with Gasteiger partial charge in [0.1, 0.15) is 0 Å². The fraction of sp³-hybridized carbons (Fsp3) is 0.667. The van der Waals surface area contributed by atoms with Crippen molar-refractivity contribution in [2.24, 2.45) is 0 Å². The van der Waals surface area contributed by atoms with Crippen molar-refractivity contribution in [3.63, 3.8) is 0 Å². The molecule has 0 saturated heterocycles. The average molecular weight is 154 g/mol. The molecule has 0 atom stereocenters. The molecule has 0 bridgehead atoms. The summed E-state index contributed by atoms with van der Waals surface area (Å²) in [6.45, 7) is 2.86. The highest BCUT2D eigenvalue weighted by molar-refractivity contribution is 4.93. The highest BCUT2D eigenvalue weighted by Crippen LogP contribution is 2.22. The second-order valence-corrected chi connectivity index (χ2v) is 2.02. The van der Waals surface area contributed by atoms with Crippen molar-refractivity contribution in [2.45, 2.75) is 19.0 Å². The number of aliphatic hydroxyl groups is 1. The number of hydrogen-bond donors (Lipinski definition) is 1. The van der Waals surface area contributed by atoms with Gasteiger partial charge in [0.25, 0.3) is 0 Å². The van der Waals surface area contributed by atoms with Crippen LogP contribution in [0.1, 0.15) is 12.8 Å². The maximum Gasteiger partial charge on any atom is 0.389 e. The lowest BCUT2D eigenvalue weighted by atomic mass is 10.2. The van der Waals surface area contributed by atoms with E-state index in [1.54, 1.807) is 0 Å². The first-order chi connectivity index (χ1) is 4.45. The van der Waals surface area contributed by atoms with Gasteiger partial charge in [-0.15, -0.1) is 0 Å². The first-order valence-corrected chi connectivity index (χ1v) is 2.80. The smallest absolute Gasteiger partial charge is 0.389 e. The summed E-state index contributed by atoms with van der Waals surface area (Å²) in [5, 5.41) is 8.26. The molecule has 0 radical (unpaired) electrons. The minimum absolute atomic E-state index is 0.181. The second kappa shape index (κ2) is 3.61. The number of alkyl halides is 3. The Morgan fingerprint density at radius 1 is 1.40 bits per heavy atom. The third-order valence-corrected chi connectivity index (χ3v) is 0.986. The van der Waals surface area contributed by atoms with Gasteiger partial charge in [0.2, 0.25) is 0 Å². The largest absolute Gasteiger partial charge is 0.392 e. The topological polar surface area (TPSA) is 20.2 Å². The molecule has 0 unspecified atom stereocenters. The van der Waals surface area contributed by atoms with Crippen molar-refractivity contribution in [3.8, 4) is 0 Å². The van der Waals surface area contributed by atoms with Gasteiger partial charge in [0, 0.05) is 6.42 Å². The van der Waals surface area contributed by atoms with Gasteiger partial charge < -0.3 is 5.11 Å². The molecule has 0 aliphatic carbocycles. The summed E-state index contributed by atoms with van der Waals surface area (Å²) < 4.78 is 34.3. The quantitative estimate of drug-likeness (QED) is 0.615. The molecular formula is C6H9F3O. The number of hydrogen-bond acceptors (Lipinski definition) is 1. The van der Waals surface area contributed by atoms with Crippen LogP contribution >= 0.6 is 0 Å². The molecule has 0 rings (SSSR count). The van der Waals surface area contributed by atoms with Crippen molar-refractivity contribution < 1.29 is 18.3 Å². The van der Waals surface area contributed by atoms with Gasteiger partial charge in [-0.25, -0.2) is 0 Å². The maximum absolute atomic E-state index is 11.4. The third kappa shape index (κ3) is 5.62. The monoisotopic (exact) mass is 154 g/mol. The lowest BCUT2D eigenvalue weighted by Crippen LogP contribution is -2.07. The van der Waals surface area contributed by atoms with Gasteiger partial charge >= 0.3 is 6.18 Å². The zero-order valence-corrected chi connectivity index (χ0v) is 5.41. The highest BCUT2D eigenvalue weighted by Gasteiger charge is 2.26. The summed E-state index contributed by atoms with van der Waals surface area (Å²) in [6, 6.07) is 0. The molecule has 10 heavy (non-hydrogen) atoms. The summed E-state index contributed by atoms with van der Waals surface area (Å²) in [7, 11) is 0. The zero-order valence-electron chi connectivity index (χ0n) is 5.41. The SMILES string of the molecule is C=C(CO)CCC(F)(F)F. The van der Waals surface area contributed by atoms with Crippen LogP contribution < -0.4 is 0 Å². The summed E-state index contributed by atoms with van der Waals surface area (Å²) in [5.41, 5.74) is 0.220. The molecular weight excluding hydrogens is 145 g/mol. The van der Waals surface area contributed by atoms with Crippen LogP contribution in [0.5, 0.6) is 0 Å². The number of aliphatic hydroxyl groups excluding tert-OH is 1. The van der Waals surface area contributed by atoms with Crippen LogP contribution in [0.25, 0.3) is 0 Å². The Bertz CT molecular complexity index is 117. The van der Waals surface area contributed by atoms with Crippen LogP contribution in [0.15, 0.2) is 12.2 Å². The van der Waals surface area contributed by atoms with Crippen LogP contribution in [-0.2, 0) is 0 Å². The predicted octanol–water partition coefficient (Wildman–Crippen LogP) is 1.88. The van der Waals surface area contributed by atoms with Gasteiger partial charge in [0.15, 0.2) is 0 Å². The van der Waals surface area contributed by atoms with Gasteiger partial charge in [-0.1, -0.05) is 12.2 Å². The molecule has 0 aliphatic heterocycles. The van der Waals surface area contributed by atoms with Crippen LogP contribution in [-0.4, -0.2) is 17.9 Å². The normalized spacial score (nSPS) is 11.6. The van der Waals surface area contributed by atoms with E-state index in [0.717, 1.165) is 0 Å². The fourth-order valence-electron chi connectivity index (χ4n) is 0.398. The molecule has 0 aliphatic rings. The first kappa shape index (κ1) is 9.49. The Balaban J connectivity index is 3.46. The van der Waals surface area contributed by atoms with E-state index < -0.39 is 12.6 Å². The Morgan fingerprint density at radius 3 is 2.20 bits per heavy atom. The number of rotatable bonds is 3. The van der Waals surface area contributed by atoms with Crippen molar-refractivity contribution in [2.75, 3.05) is 6.61 Å². The van der Waals surface area contributed by atoms with E-state index in [-0.39, 0.29) is 18.6 Å². The van der Waals surface area contributed by atoms with E-state index in [9.17, 15) is 13.2 Å². The minimum atomic E-state index is -4.14. The Hall–Kier alpha value is -0.510. The molecule has 0 spiro atoms. The standard InChI is InChI=1S/C6H9F3O/c1-5(4-10)2-3-6(7,8)9/h10H,1-4H2. The van der Waals surface area contributed by atoms with Crippen molar-refractivity contribution in [1.82, 2.24) is 0 Å². The summed E-state index contributed by atoms with van der Waals surface area (Å²) >= 11 is 0. The molecule has 4 heteroatoms. The van der Waals surface area contributed by atoms with Crippen LogP contribution in [0.3, 0.4) is 0 Å². The molecule has 0 heterocycles. The van der Waals surface area contributed by atoms with Crippen molar-refractivity contribution in [3.05, 3.63) is 12.2 Å². The molecule has 1 N–H and O–H groups in total. The van der Waals surface area contributed by atoms with Gasteiger partial charge in [-0.05, 0) is 6.42 Å². The predicted molar refractivity (Wildman–Crippen MR) is 31.5 cm³/mol. The Labute approximate surface area is 57.2 Å². The second-order valence-electron chi connectivity index (χ2n) is 2.02. The average Bonchev–Trinajstić information content (AvgIpc) is 1.81. The van der Waals surface area contributed by atoms with Gasteiger partial charge in [-0.2, -0.15) is 13.2 Å². The van der Waals surface area contributed by atoms with E-state index >= 15 is 0 Å². The molecule has 0 aromatic rings. The maximum atomic E-state index is 11.4. The van der Waals surface area contributed by atoms with E-state index in [4.69, 9.17) is 5.11 Å². The molecule has 1 nitrogen and oxygen atoms in total. The molecule has 0 aromatic heterocycles. The molecule has 0 amide bonds. The Kier molecular flexibility index (Phi) is 3.42. The minimum Gasteiger partial charge on any atom is -0.392 e. The highest BCUT2D eigenvalue weighted by atomic mass is 19.4. The van der Waals surface area contributed by atoms with Crippen molar-refractivity contribution in [1.29, 1.82) is 0 Å². The first-order valence-electron chi connectivity index (χ1n) is 2.80. The lowest BCUT2D eigenvalue weighted by molar-refractivity contribution is -0.134. The summed E-state index contributed by atoms with van der Waals surface area (Å²) in [6.07, 6.45) is -5.22. The van der Waals surface area contributed by atoms with Crippen LogP contribution in [0.2, 0.25) is 0 Å². The van der Waals surface area contributed by atoms with E-state index in [1.165, 1.54) is 0 Å². The molecule has 0 fully saturated rings. The third-order valence-electron chi connectivity index (χ3n) is 0.986.